The Labute approximate surface area is 150 Å². The van der Waals surface area contributed by atoms with Crippen LogP contribution in [0.2, 0.25) is 0 Å². The summed E-state index contributed by atoms with van der Waals surface area (Å²) in [5.41, 5.74) is 0.573. The van der Waals surface area contributed by atoms with E-state index in [1.165, 1.54) is 12.5 Å². The van der Waals surface area contributed by atoms with Gasteiger partial charge in [-0.1, -0.05) is 19.1 Å². The van der Waals surface area contributed by atoms with Gasteiger partial charge in [-0.25, -0.2) is 9.59 Å². The Kier molecular flexibility index (Phi) is 3.11. The number of hydrogen-bond donors (Lipinski definition) is 1. The van der Waals surface area contributed by atoms with Crippen molar-refractivity contribution >= 4 is 11.9 Å². The van der Waals surface area contributed by atoms with Crippen LogP contribution in [0.5, 0.6) is 0 Å². The maximum atomic E-state index is 12.8. The molecule has 136 valence electrons. The van der Waals surface area contributed by atoms with Crippen molar-refractivity contribution in [1.29, 1.82) is 0 Å². The Morgan fingerprint density at radius 2 is 2.04 bits per heavy atom. The minimum absolute atomic E-state index is 0.0706. The highest BCUT2D eigenvalue weighted by Gasteiger charge is 2.65. The van der Waals surface area contributed by atoms with E-state index in [1.807, 2.05) is 19.1 Å². The third-order valence-corrected chi connectivity index (χ3v) is 6.89. The average Bonchev–Trinajstić information content (AvgIpc) is 3.27. The van der Waals surface area contributed by atoms with E-state index in [0.717, 1.165) is 12.8 Å². The monoisotopic (exact) mass is 356 g/mol. The van der Waals surface area contributed by atoms with Crippen molar-refractivity contribution in [2.24, 2.45) is 16.7 Å². The number of allylic oxidation sites excluding steroid dienone is 2. The molecule has 3 heterocycles. The first-order valence-corrected chi connectivity index (χ1v) is 8.98. The van der Waals surface area contributed by atoms with Gasteiger partial charge in [-0.15, -0.1) is 0 Å². The zero-order valence-electron chi connectivity index (χ0n) is 14.4. The van der Waals surface area contributed by atoms with E-state index in [9.17, 15) is 14.7 Å². The zero-order valence-corrected chi connectivity index (χ0v) is 14.4. The summed E-state index contributed by atoms with van der Waals surface area (Å²) in [5, 5.41) is 11.3. The Bertz CT molecular complexity index is 850. The Morgan fingerprint density at radius 1 is 1.19 bits per heavy atom. The third kappa shape index (κ3) is 1.75. The van der Waals surface area contributed by atoms with Gasteiger partial charge in [0.25, 0.3) is 0 Å². The summed E-state index contributed by atoms with van der Waals surface area (Å²) in [6.07, 6.45) is 7.16. The lowest BCUT2D eigenvalue weighted by Crippen LogP contribution is -2.58. The second-order valence-corrected chi connectivity index (χ2v) is 7.91. The molecule has 26 heavy (non-hydrogen) atoms. The zero-order chi connectivity index (χ0) is 18.1. The number of esters is 2. The van der Waals surface area contributed by atoms with Crippen LogP contribution in [0.1, 0.15) is 37.9 Å². The highest BCUT2D eigenvalue weighted by Crippen LogP contribution is 2.64. The van der Waals surface area contributed by atoms with Crippen LogP contribution in [0.25, 0.3) is 0 Å². The number of cyclic esters (lactones) is 2. The Balaban J connectivity index is 1.66. The van der Waals surface area contributed by atoms with Crippen LogP contribution in [-0.4, -0.2) is 29.8 Å². The molecular formula is C20H20O6. The molecule has 1 aromatic rings. The number of rotatable bonds is 1. The molecule has 6 heteroatoms. The quantitative estimate of drug-likeness (QED) is 0.778. The van der Waals surface area contributed by atoms with Gasteiger partial charge in [0, 0.05) is 27.5 Å². The summed E-state index contributed by atoms with van der Waals surface area (Å²) in [5.74, 6) is -0.742. The molecule has 2 fully saturated rings. The fourth-order valence-corrected chi connectivity index (χ4v) is 5.59. The summed E-state index contributed by atoms with van der Waals surface area (Å²) in [4.78, 5) is 25.0. The van der Waals surface area contributed by atoms with E-state index in [1.54, 1.807) is 6.07 Å². The molecule has 5 rings (SSSR count). The molecule has 0 saturated carbocycles. The van der Waals surface area contributed by atoms with E-state index in [0.29, 0.717) is 29.7 Å². The van der Waals surface area contributed by atoms with E-state index in [4.69, 9.17) is 13.9 Å². The average molecular weight is 356 g/mol. The SMILES string of the molecule is C[C@@]12C(=CC[C@]34COC(=O)C3=CCC[C@H]41)C(=O)O[C@H](c1ccoc1)[C@@H]2O. The topological polar surface area (TPSA) is 86.0 Å². The lowest BCUT2D eigenvalue weighted by molar-refractivity contribution is -0.182. The number of fused-ring (bicyclic) bond motifs is 2. The predicted molar refractivity (Wildman–Crippen MR) is 88.6 cm³/mol. The van der Waals surface area contributed by atoms with Crippen LogP contribution in [0.4, 0.5) is 0 Å². The summed E-state index contributed by atoms with van der Waals surface area (Å²) < 4.78 is 16.1. The molecule has 2 saturated heterocycles. The summed E-state index contributed by atoms with van der Waals surface area (Å²) >= 11 is 0. The van der Waals surface area contributed by atoms with Gasteiger partial charge in [-0.2, -0.15) is 0 Å². The number of furan rings is 1. The van der Waals surface area contributed by atoms with Gasteiger partial charge < -0.3 is 19.0 Å². The molecule has 2 aliphatic heterocycles. The molecule has 5 atom stereocenters. The summed E-state index contributed by atoms with van der Waals surface area (Å²) in [6, 6.07) is 1.70. The van der Waals surface area contributed by atoms with Crippen LogP contribution < -0.4 is 0 Å². The molecule has 0 bridgehead atoms. The van der Waals surface area contributed by atoms with Gasteiger partial charge >= 0.3 is 11.9 Å². The maximum Gasteiger partial charge on any atom is 0.335 e. The molecule has 1 spiro atoms. The lowest BCUT2D eigenvalue weighted by atomic mass is 9.48. The van der Waals surface area contributed by atoms with E-state index >= 15 is 0 Å². The molecule has 4 aliphatic rings. The number of ether oxygens (including phenoxy) is 2. The molecular weight excluding hydrogens is 336 g/mol. The predicted octanol–water partition coefficient (Wildman–Crippen LogP) is 2.45. The maximum absolute atomic E-state index is 12.8. The van der Waals surface area contributed by atoms with Crippen LogP contribution in [0, 0.1) is 16.7 Å². The van der Waals surface area contributed by atoms with Gasteiger partial charge in [0.15, 0.2) is 6.10 Å². The minimum atomic E-state index is -0.929. The second kappa shape index (κ2) is 5.10. The summed E-state index contributed by atoms with van der Waals surface area (Å²) in [7, 11) is 0. The number of aliphatic hydroxyl groups is 1. The number of carbonyl (C=O) groups excluding carboxylic acids is 2. The molecule has 1 aromatic heterocycles. The first-order valence-electron chi connectivity index (χ1n) is 8.98. The van der Waals surface area contributed by atoms with Gasteiger partial charge in [-0.05, 0) is 31.2 Å². The minimum Gasteiger partial charge on any atom is -0.472 e. The normalized spacial score (nSPS) is 41.2. The number of aliphatic hydroxyl groups excluding tert-OH is 1. The van der Waals surface area contributed by atoms with Crippen LogP contribution in [-0.2, 0) is 19.1 Å². The van der Waals surface area contributed by atoms with Gasteiger partial charge in [0.2, 0.25) is 0 Å². The fraction of sp³-hybridized carbons (Fsp3) is 0.500. The van der Waals surface area contributed by atoms with Crippen molar-refractivity contribution in [3.8, 4) is 0 Å². The smallest absolute Gasteiger partial charge is 0.335 e. The molecule has 1 N–H and O–H groups in total. The highest BCUT2D eigenvalue weighted by atomic mass is 16.6. The Morgan fingerprint density at radius 3 is 2.81 bits per heavy atom. The van der Waals surface area contributed by atoms with Crippen LogP contribution >= 0.6 is 0 Å². The van der Waals surface area contributed by atoms with Crippen molar-refractivity contribution in [3.63, 3.8) is 0 Å². The standard InChI is InChI=1S/C20H20O6/c1-19-12(18(23)26-15(16(19)21)11-6-8-24-9-11)5-7-20-10-25-17(22)13(20)3-2-4-14(19)20/h3,5-6,8-9,14-16,21H,2,4,7,10H2,1H3/t14-,15+,16-,19+,20-/m0/s1. The highest BCUT2D eigenvalue weighted by molar-refractivity contribution is 5.95. The fourth-order valence-electron chi connectivity index (χ4n) is 5.59. The molecule has 0 unspecified atom stereocenters. The van der Waals surface area contributed by atoms with Gasteiger partial charge in [-0.3, -0.25) is 0 Å². The molecule has 2 aliphatic carbocycles. The molecule has 0 radical (unpaired) electrons. The largest absolute Gasteiger partial charge is 0.472 e. The number of carbonyl (C=O) groups is 2. The van der Waals surface area contributed by atoms with E-state index in [2.05, 4.69) is 0 Å². The molecule has 0 aromatic carbocycles. The van der Waals surface area contributed by atoms with Crippen LogP contribution in [0.3, 0.4) is 0 Å². The Hall–Kier alpha value is -2.34. The third-order valence-electron chi connectivity index (χ3n) is 6.89. The second-order valence-electron chi connectivity index (χ2n) is 7.91. The van der Waals surface area contributed by atoms with Gasteiger partial charge in [0.1, 0.15) is 12.7 Å². The van der Waals surface area contributed by atoms with E-state index < -0.39 is 29.0 Å². The van der Waals surface area contributed by atoms with E-state index in [-0.39, 0.29) is 11.9 Å². The molecule has 0 amide bonds. The first kappa shape index (κ1) is 15.9. The number of hydrogen-bond acceptors (Lipinski definition) is 6. The van der Waals surface area contributed by atoms with Gasteiger partial charge in [0.05, 0.1) is 12.5 Å². The van der Waals surface area contributed by atoms with Crippen molar-refractivity contribution in [2.75, 3.05) is 6.61 Å². The molecule has 6 nitrogen and oxygen atoms in total. The van der Waals surface area contributed by atoms with Crippen molar-refractivity contribution < 1.29 is 28.6 Å². The van der Waals surface area contributed by atoms with Crippen molar-refractivity contribution in [1.82, 2.24) is 0 Å². The van der Waals surface area contributed by atoms with Crippen LogP contribution in [0.15, 0.2) is 46.3 Å². The summed E-state index contributed by atoms with van der Waals surface area (Å²) in [6.45, 7) is 2.23. The van der Waals surface area contributed by atoms with Crippen molar-refractivity contribution in [3.05, 3.63) is 47.5 Å². The van der Waals surface area contributed by atoms with Crippen molar-refractivity contribution in [2.45, 2.75) is 38.4 Å². The first-order chi connectivity index (χ1) is 12.5. The lowest BCUT2D eigenvalue weighted by Gasteiger charge is -2.56.